The van der Waals surface area contributed by atoms with Gasteiger partial charge in [-0.25, -0.2) is 13.1 Å². The van der Waals surface area contributed by atoms with Gasteiger partial charge < -0.3 is 5.73 Å². The van der Waals surface area contributed by atoms with Crippen LogP contribution in [0.2, 0.25) is 0 Å². The molecule has 1 aromatic carbocycles. The van der Waals surface area contributed by atoms with Gasteiger partial charge in [0.25, 0.3) is 0 Å². The highest BCUT2D eigenvalue weighted by molar-refractivity contribution is 7.89. The van der Waals surface area contributed by atoms with Crippen LogP contribution in [-0.2, 0) is 10.0 Å². The Labute approximate surface area is 114 Å². The molecule has 19 heavy (non-hydrogen) atoms. The average Bonchev–Trinajstić information content (AvgIpc) is 2.99. The molecule has 2 saturated carbocycles. The highest BCUT2D eigenvalue weighted by Gasteiger charge is 2.39. The molecule has 2 bridgehead atoms. The van der Waals surface area contributed by atoms with Gasteiger partial charge in [-0.3, -0.25) is 0 Å². The van der Waals surface area contributed by atoms with E-state index in [2.05, 4.69) is 4.72 Å². The summed E-state index contributed by atoms with van der Waals surface area (Å²) in [6, 6.07) is 6.34. The van der Waals surface area contributed by atoms with Crippen LogP contribution in [0.25, 0.3) is 0 Å². The van der Waals surface area contributed by atoms with Crippen LogP contribution in [0.1, 0.15) is 25.7 Å². The third-order valence-electron chi connectivity index (χ3n) is 4.61. The number of hydrogen-bond acceptors (Lipinski definition) is 3. The maximum absolute atomic E-state index is 12.2. The van der Waals surface area contributed by atoms with E-state index in [9.17, 15) is 8.42 Å². The minimum atomic E-state index is -3.39. The topological polar surface area (TPSA) is 72.2 Å². The summed E-state index contributed by atoms with van der Waals surface area (Å²) in [5.41, 5.74) is 6.15. The van der Waals surface area contributed by atoms with Crippen molar-refractivity contribution in [1.29, 1.82) is 0 Å². The Morgan fingerprint density at radius 2 is 1.89 bits per heavy atom. The number of nitrogens with two attached hydrogens (primary N) is 1. The zero-order valence-electron chi connectivity index (χ0n) is 10.9. The molecule has 2 aliphatic rings. The molecule has 3 N–H and O–H groups in total. The van der Waals surface area contributed by atoms with Crippen LogP contribution >= 0.6 is 0 Å². The van der Waals surface area contributed by atoms with Crippen molar-refractivity contribution in [2.24, 2.45) is 17.8 Å². The predicted molar refractivity (Wildman–Crippen MR) is 75.0 cm³/mol. The second kappa shape index (κ2) is 4.80. The van der Waals surface area contributed by atoms with Gasteiger partial charge >= 0.3 is 0 Å². The minimum absolute atomic E-state index is 0.296. The zero-order chi connectivity index (χ0) is 13.5. The molecule has 3 unspecified atom stereocenters. The molecule has 3 rings (SSSR count). The lowest BCUT2D eigenvalue weighted by Gasteiger charge is -2.21. The van der Waals surface area contributed by atoms with Gasteiger partial charge in [0, 0.05) is 12.2 Å². The molecule has 0 spiro atoms. The first-order valence-corrected chi connectivity index (χ1v) is 8.38. The van der Waals surface area contributed by atoms with Crippen molar-refractivity contribution in [2.45, 2.75) is 30.6 Å². The van der Waals surface area contributed by atoms with Gasteiger partial charge in [-0.1, -0.05) is 6.42 Å². The summed E-state index contributed by atoms with van der Waals surface area (Å²) in [5.74, 6) is 2.11. The quantitative estimate of drug-likeness (QED) is 0.828. The van der Waals surface area contributed by atoms with Crippen molar-refractivity contribution in [3.63, 3.8) is 0 Å². The van der Waals surface area contributed by atoms with Crippen LogP contribution in [0, 0.1) is 17.8 Å². The molecule has 4 nitrogen and oxygen atoms in total. The molecule has 3 atom stereocenters. The van der Waals surface area contributed by atoms with Crippen molar-refractivity contribution < 1.29 is 8.42 Å². The molecule has 0 aromatic heterocycles. The maximum Gasteiger partial charge on any atom is 0.240 e. The van der Waals surface area contributed by atoms with Crippen molar-refractivity contribution in [2.75, 3.05) is 12.3 Å². The van der Waals surface area contributed by atoms with Crippen molar-refractivity contribution in [1.82, 2.24) is 4.72 Å². The fourth-order valence-electron chi connectivity index (χ4n) is 3.57. The van der Waals surface area contributed by atoms with E-state index in [1.54, 1.807) is 24.3 Å². The van der Waals surface area contributed by atoms with E-state index in [0.29, 0.717) is 23.0 Å². The Morgan fingerprint density at radius 3 is 2.47 bits per heavy atom. The number of nitrogens with one attached hydrogen (secondary N) is 1. The largest absolute Gasteiger partial charge is 0.399 e. The number of hydrogen-bond donors (Lipinski definition) is 2. The molecule has 2 fully saturated rings. The summed E-state index contributed by atoms with van der Waals surface area (Å²) in [7, 11) is -3.39. The first-order chi connectivity index (χ1) is 9.04. The maximum atomic E-state index is 12.2. The summed E-state index contributed by atoms with van der Waals surface area (Å²) >= 11 is 0. The highest BCUT2D eigenvalue weighted by atomic mass is 32.2. The van der Waals surface area contributed by atoms with E-state index in [-0.39, 0.29) is 0 Å². The molecule has 2 aliphatic carbocycles. The van der Waals surface area contributed by atoms with Crippen LogP contribution in [0.15, 0.2) is 29.2 Å². The molecule has 1 aromatic rings. The van der Waals surface area contributed by atoms with Gasteiger partial charge in [0.2, 0.25) is 10.0 Å². The fraction of sp³-hybridized carbons (Fsp3) is 0.571. The number of rotatable bonds is 4. The predicted octanol–water partition coefficient (Wildman–Crippen LogP) is 1.98. The van der Waals surface area contributed by atoms with Gasteiger partial charge in [-0.15, -0.1) is 0 Å². The van der Waals surface area contributed by atoms with Crippen LogP contribution in [0.4, 0.5) is 5.69 Å². The summed E-state index contributed by atoms with van der Waals surface area (Å²) in [5, 5.41) is 0. The molecule has 0 aliphatic heterocycles. The second-order valence-electron chi connectivity index (χ2n) is 5.86. The Kier molecular flexibility index (Phi) is 3.27. The Morgan fingerprint density at radius 1 is 1.16 bits per heavy atom. The summed E-state index contributed by atoms with van der Waals surface area (Å²) in [4.78, 5) is 0.296. The lowest BCUT2D eigenvalue weighted by molar-refractivity contribution is 0.333. The lowest BCUT2D eigenvalue weighted by Crippen LogP contribution is -2.31. The normalized spacial score (nSPS) is 29.8. The van der Waals surface area contributed by atoms with E-state index in [1.165, 1.54) is 25.7 Å². The lowest BCUT2D eigenvalue weighted by atomic mass is 9.89. The number of benzene rings is 1. The second-order valence-corrected chi connectivity index (χ2v) is 7.62. The van der Waals surface area contributed by atoms with Gasteiger partial charge in [0.15, 0.2) is 0 Å². The van der Waals surface area contributed by atoms with E-state index in [4.69, 9.17) is 5.73 Å². The van der Waals surface area contributed by atoms with E-state index in [0.717, 1.165) is 11.8 Å². The average molecular weight is 280 g/mol. The summed E-state index contributed by atoms with van der Waals surface area (Å²) in [6.07, 6.45) is 5.11. The first-order valence-electron chi connectivity index (χ1n) is 6.90. The highest BCUT2D eigenvalue weighted by Crippen LogP contribution is 2.48. The zero-order valence-corrected chi connectivity index (χ0v) is 11.7. The smallest absolute Gasteiger partial charge is 0.240 e. The van der Waals surface area contributed by atoms with Crippen molar-refractivity contribution >= 4 is 15.7 Å². The third kappa shape index (κ3) is 2.62. The number of anilines is 1. The van der Waals surface area contributed by atoms with Crippen LogP contribution in [0.3, 0.4) is 0 Å². The van der Waals surface area contributed by atoms with E-state index in [1.807, 2.05) is 0 Å². The number of sulfonamides is 1. The van der Waals surface area contributed by atoms with Gasteiger partial charge in [-0.2, -0.15) is 0 Å². The Bertz CT molecular complexity index is 553. The molecule has 5 heteroatoms. The summed E-state index contributed by atoms with van der Waals surface area (Å²) in [6.45, 7) is 0.577. The Balaban J connectivity index is 1.64. The van der Waals surface area contributed by atoms with Crippen LogP contribution in [0.5, 0.6) is 0 Å². The monoisotopic (exact) mass is 280 g/mol. The third-order valence-corrected chi connectivity index (χ3v) is 6.05. The molecule has 0 saturated heterocycles. The molecule has 104 valence electrons. The van der Waals surface area contributed by atoms with Gasteiger partial charge in [-0.05, 0) is 61.3 Å². The molecule has 0 heterocycles. The standard InChI is InChI=1S/C14H20N2O2S/c15-13-3-5-14(6-4-13)19(17,18)16-9-12-8-10-1-2-11(12)7-10/h3-6,10-12,16H,1-2,7-9,15H2. The molecular weight excluding hydrogens is 260 g/mol. The van der Waals surface area contributed by atoms with Crippen LogP contribution in [-0.4, -0.2) is 15.0 Å². The van der Waals surface area contributed by atoms with Crippen LogP contribution < -0.4 is 10.5 Å². The van der Waals surface area contributed by atoms with E-state index >= 15 is 0 Å². The number of fused-ring (bicyclic) bond motifs is 2. The number of nitrogen functional groups attached to an aromatic ring is 1. The summed E-state index contributed by atoms with van der Waals surface area (Å²) < 4.78 is 27.1. The fourth-order valence-corrected chi connectivity index (χ4v) is 4.67. The van der Waals surface area contributed by atoms with Gasteiger partial charge in [0.1, 0.15) is 0 Å². The SMILES string of the molecule is Nc1ccc(S(=O)(=O)NCC2CC3CCC2C3)cc1. The van der Waals surface area contributed by atoms with Crippen molar-refractivity contribution in [3.8, 4) is 0 Å². The molecule has 0 radical (unpaired) electrons. The molecule has 0 amide bonds. The van der Waals surface area contributed by atoms with Gasteiger partial charge in [0.05, 0.1) is 4.90 Å². The molecular formula is C14H20N2O2S. The first kappa shape index (κ1) is 12.9. The van der Waals surface area contributed by atoms with Crippen molar-refractivity contribution in [3.05, 3.63) is 24.3 Å². The Hall–Kier alpha value is -1.07. The van der Waals surface area contributed by atoms with E-state index < -0.39 is 10.0 Å². The minimum Gasteiger partial charge on any atom is -0.399 e.